The molecule has 182 valence electrons. The molecule has 35 heavy (non-hydrogen) atoms. The molecule has 0 unspecified atom stereocenters. The van der Waals surface area contributed by atoms with Crippen LogP contribution in [0.4, 0.5) is 11.4 Å². The summed E-state index contributed by atoms with van der Waals surface area (Å²) < 4.78 is 5.58. The second-order valence-corrected chi connectivity index (χ2v) is 10.3. The Morgan fingerprint density at radius 3 is 2.54 bits per heavy atom. The summed E-state index contributed by atoms with van der Waals surface area (Å²) in [6, 6.07) is 11.9. The first-order valence-corrected chi connectivity index (χ1v) is 12.4. The van der Waals surface area contributed by atoms with Gasteiger partial charge < -0.3 is 9.64 Å². The molecule has 7 nitrogen and oxygen atoms in total. The number of halogens is 1. The maximum atomic E-state index is 13.1. The van der Waals surface area contributed by atoms with E-state index in [1.807, 2.05) is 0 Å². The summed E-state index contributed by atoms with van der Waals surface area (Å²) in [6.45, 7) is 4.13. The van der Waals surface area contributed by atoms with Gasteiger partial charge in [0.05, 0.1) is 23.4 Å². The Morgan fingerprint density at radius 2 is 1.80 bits per heavy atom. The van der Waals surface area contributed by atoms with E-state index in [1.165, 1.54) is 9.80 Å². The summed E-state index contributed by atoms with van der Waals surface area (Å²) >= 11 is 6.04. The normalized spacial score (nSPS) is 26.3. The van der Waals surface area contributed by atoms with Gasteiger partial charge in [-0.15, -0.1) is 0 Å². The molecule has 2 aromatic carbocycles. The molecule has 3 fully saturated rings. The van der Waals surface area contributed by atoms with Crippen molar-refractivity contribution in [2.45, 2.75) is 39.5 Å². The Labute approximate surface area is 209 Å². The van der Waals surface area contributed by atoms with Crippen LogP contribution >= 0.6 is 11.6 Å². The minimum Gasteiger partial charge on any atom is -0.426 e. The zero-order valence-corrected chi connectivity index (χ0v) is 20.5. The monoisotopic (exact) mass is 494 g/mol. The van der Waals surface area contributed by atoms with Crippen LogP contribution in [0.1, 0.15) is 38.2 Å². The molecule has 0 radical (unpaired) electrons. The molecule has 2 heterocycles. The third-order valence-corrected chi connectivity index (χ3v) is 7.63. The fraction of sp³-hybridized carbons (Fsp3) is 0.407. The highest BCUT2D eigenvalue weighted by molar-refractivity contribution is 6.31. The van der Waals surface area contributed by atoms with Crippen molar-refractivity contribution in [3.63, 3.8) is 0 Å². The molecule has 1 saturated carbocycles. The Kier molecular flexibility index (Phi) is 6.13. The average molecular weight is 495 g/mol. The van der Waals surface area contributed by atoms with Gasteiger partial charge in [0.25, 0.3) is 0 Å². The van der Waals surface area contributed by atoms with E-state index < -0.39 is 11.9 Å². The Bertz CT molecular complexity index is 1230. The van der Waals surface area contributed by atoms with Gasteiger partial charge in [-0.1, -0.05) is 24.6 Å². The molecule has 0 N–H and O–H groups in total. The molecule has 3 aliphatic rings. The van der Waals surface area contributed by atoms with Crippen LogP contribution < -0.4 is 14.5 Å². The fourth-order valence-electron chi connectivity index (χ4n) is 5.53. The van der Waals surface area contributed by atoms with Crippen molar-refractivity contribution in [3.05, 3.63) is 53.1 Å². The molecule has 2 saturated heterocycles. The molecule has 2 aromatic rings. The number of rotatable bonds is 4. The lowest BCUT2D eigenvalue weighted by Gasteiger charge is -2.25. The van der Waals surface area contributed by atoms with E-state index in [0.717, 1.165) is 19.3 Å². The zero-order chi connectivity index (χ0) is 24.9. The van der Waals surface area contributed by atoms with Crippen molar-refractivity contribution in [2.24, 2.45) is 23.7 Å². The lowest BCUT2D eigenvalue weighted by atomic mass is 9.76. The first-order chi connectivity index (χ1) is 16.7. The van der Waals surface area contributed by atoms with Crippen LogP contribution in [0, 0.1) is 30.6 Å². The predicted octanol–water partition coefficient (Wildman–Crippen LogP) is 4.53. The van der Waals surface area contributed by atoms with Crippen LogP contribution in [0.25, 0.3) is 0 Å². The van der Waals surface area contributed by atoms with Crippen molar-refractivity contribution in [1.29, 1.82) is 0 Å². The van der Waals surface area contributed by atoms with Crippen LogP contribution in [-0.4, -0.2) is 30.2 Å². The number of amides is 3. The molecule has 3 amide bonds. The minimum absolute atomic E-state index is 0.0559. The van der Waals surface area contributed by atoms with E-state index in [0.29, 0.717) is 33.6 Å². The van der Waals surface area contributed by atoms with Gasteiger partial charge >= 0.3 is 5.97 Å². The second-order valence-electron chi connectivity index (χ2n) is 9.90. The Balaban J connectivity index is 1.28. The topological polar surface area (TPSA) is 84.0 Å². The summed E-state index contributed by atoms with van der Waals surface area (Å²) in [7, 11) is 0. The van der Waals surface area contributed by atoms with Crippen LogP contribution in [-0.2, 0) is 19.2 Å². The molecule has 1 aliphatic carbocycles. The summed E-state index contributed by atoms with van der Waals surface area (Å²) in [5, 5.41) is 0.514. The maximum absolute atomic E-state index is 13.1. The molecule has 4 atom stereocenters. The van der Waals surface area contributed by atoms with E-state index in [-0.39, 0.29) is 42.5 Å². The van der Waals surface area contributed by atoms with Crippen LogP contribution in [0.5, 0.6) is 5.75 Å². The average Bonchev–Trinajstić information content (AvgIpc) is 3.32. The summed E-state index contributed by atoms with van der Waals surface area (Å²) in [5.74, 6) is -1.26. The lowest BCUT2D eigenvalue weighted by molar-refractivity contribution is -0.139. The molecular formula is C27H27ClN2O5. The minimum atomic E-state index is -0.603. The first-order valence-electron chi connectivity index (χ1n) is 12.0. The first kappa shape index (κ1) is 23.5. The van der Waals surface area contributed by atoms with Crippen molar-refractivity contribution >= 4 is 46.7 Å². The van der Waals surface area contributed by atoms with Gasteiger partial charge in [-0.3, -0.25) is 19.2 Å². The van der Waals surface area contributed by atoms with Crippen molar-refractivity contribution < 1.29 is 23.9 Å². The number of nitrogens with zero attached hydrogens (tertiary/aromatic N) is 2. The zero-order valence-electron chi connectivity index (χ0n) is 19.7. The predicted molar refractivity (Wildman–Crippen MR) is 131 cm³/mol. The number of ether oxygens (including phenoxy) is 1. The van der Waals surface area contributed by atoms with Crippen LogP contribution in [0.2, 0.25) is 5.02 Å². The van der Waals surface area contributed by atoms with Gasteiger partial charge in [-0.05, 0) is 74.1 Å². The van der Waals surface area contributed by atoms with Gasteiger partial charge in [0.1, 0.15) is 5.75 Å². The molecule has 2 aliphatic heterocycles. The van der Waals surface area contributed by atoms with E-state index >= 15 is 0 Å². The number of imide groups is 1. The number of benzene rings is 2. The smallest absolute Gasteiger partial charge is 0.316 e. The highest BCUT2D eigenvalue weighted by Gasteiger charge is 2.50. The largest absolute Gasteiger partial charge is 0.426 e. The number of aryl methyl sites for hydroxylation is 1. The summed E-state index contributed by atoms with van der Waals surface area (Å²) in [5.41, 5.74) is 1.85. The molecule has 0 bridgehead atoms. The van der Waals surface area contributed by atoms with E-state index in [9.17, 15) is 19.2 Å². The fourth-order valence-corrected chi connectivity index (χ4v) is 5.71. The number of esters is 1. The molecule has 8 heteroatoms. The quantitative estimate of drug-likeness (QED) is 0.354. The van der Waals surface area contributed by atoms with Gasteiger partial charge in [0, 0.05) is 23.7 Å². The van der Waals surface area contributed by atoms with Gasteiger partial charge in [0.2, 0.25) is 17.7 Å². The number of carbonyl (C=O) groups excluding carboxylic acids is 4. The van der Waals surface area contributed by atoms with Crippen molar-refractivity contribution in [2.75, 3.05) is 16.3 Å². The standard InChI is InChI=1S/C27H27ClN2O5/c1-15-6-8-21-22(10-15)26(33)30(25(21)32)23-9-7-20(11-16(23)2)35-27(34)17-12-24(31)29(14-17)19-5-3-4-18(28)13-19/h3-5,7,9,11,13,15,17,21-22H,6,8,10,12,14H2,1-2H3/t15-,17-,21-,22+/m1/s1. The maximum Gasteiger partial charge on any atom is 0.316 e. The molecule has 0 aromatic heterocycles. The van der Waals surface area contributed by atoms with Crippen LogP contribution in [0.3, 0.4) is 0 Å². The summed E-state index contributed by atoms with van der Waals surface area (Å²) in [6.07, 6.45) is 2.50. The molecule has 5 rings (SSSR count). The van der Waals surface area contributed by atoms with E-state index in [2.05, 4.69) is 6.92 Å². The number of carbonyl (C=O) groups is 4. The number of fused-ring (bicyclic) bond motifs is 1. The van der Waals surface area contributed by atoms with E-state index in [4.69, 9.17) is 16.3 Å². The molecule has 0 spiro atoms. The van der Waals surface area contributed by atoms with Gasteiger partial charge in [-0.2, -0.15) is 0 Å². The number of hydrogen-bond acceptors (Lipinski definition) is 5. The van der Waals surface area contributed by atoms with Gasteiger partial charge in [0.15, 0.2) is 0 Å². The SMILES string of the molecule is Cc1cc(OC(=O)[C@@H]2CC(=O)N(c3cccc(Cl)c3)C2)ccc1N1C(=O)[C@H]2C[C@H](C)CC[C@H]2C1=O. The third-order valence-electron chi connectivity index (χ3n) is 7.39. The number of anilines is 2. The summed E-state index contributed by atoms with van der Waals surface area (Å²) in [4.78, 5) is 54.2. The highest BCUT2D eigenvalue weighted by atomic mass is 35.5. The second kappa shape index (κ2) is 9.11. The lowest BCUT2D eigenvalue weighted by Crippen LogP contribution is -2.31. The Hall–Kier alpha value is -3.19. The number of hydrogen-bond donors (Lipinski definition) is 0. The van der Waals surface area contributed by atoms with E-state index in [1.54, 1.807) is 49.4 Å². The molecular weight excluding hydrogens is 468 g/mol. The highest BCUT2D eigenvalue weighted by Crippen LogP contribution is 2.43. The van der Waals surface area contributed by atoms with Crippen molar-refractivity contribution in [3.8, 4) is 5.75 Å². The Morgan fingerprint density at radius 1 is 1.03 bits per heavy atom. The van der Waals surface area contributed by atoms with Gasteiger partial charge in [-0.25, -0.2) is 4.90 Å². The third kappa shape index (κ3) is 4.33. The van der Waals surface area contributed by atoms with Crippen molar-refractivity contribution in [1.82, 2.24) is 0 Å². The van der Waals surface area contributed by atoms with Crippen LogP contribution in [0.15, 0.2) is 42.5 Å².